The molecule has 0 aliphatic carbocycles. The average Bonchev–Trinajstić information content (AvgIpc) is 2.61. The van der Waals surface area contributed by atoms with Gasteiger partial charge in [-0.2, -0.15) is 0 Å². The van der Waals surface area contributed by atoms with E-state index in [0.717, 1.165) is 6.07 Å². The summed E-state index contributed by atoms with van der Waals surface area (Å²) in [6.07, 6.45) is 0. The molecule has 1 aliphatic rings. The normalized spacial score (nSPS) is 14.9. The molecular formula is C18H16ClN3O5. The van der Waals surface area contributed by atoms with Crippen molar-refractivity contribution in [3.8, 4) is 5.75 Å². The van der Waals surface area contributed by atoms with Crippen LogP contribution in [0.25, 0.3) is 0 Å². The molecule has 1 N–H and O–H groups in total. The van der Waals surface area contributed by atoms with Gasteiger partial charge in [0.2, 0.25) is 5.91 Å². The van der Waals surface area contributed by atoms with Crippen LogP contribution in [0, 0.1) is 10.1 Å². The number of nitro groups is 1. The fourth-order valence-corrected chi connectivity index (χ4v) is 3.02. The number of carbonyl (C=O) groups excluding carboxylic acids is 2. The van der Waals surface area contributed by atoms with Crippen LogP contribution in [0.15, 0.2) is 42.5 Å². The molecule has 2 aromatic rings. The first-order valence-corrected chi connectivity index (χ1v) is 8.40. The zero-order valence-corrected chi connectivity index (χ0v) is 15.3. The molecule has 0 unspecified atom stereocenters. The Kier molecular flexibility index (Phi) is 4.75. The van der Waals surface area contributed by atoms with E-state index in [2.05, 4.69) is 5.32 Å². The maximum absolute atomic E-state index is 12.9. The van der Waals surface area contributed by atoms with Gasteiger partial charge in [-0.1, -0.05) is 23.7 Å². The highest BCUT2D eigenvalue weighted by Crippen LogP contribution is 2.37. The number of nitro benzene ring substituents is 1. The lowest BCUT2D eigenvalue weighted by Gasteiger charge is -2.41. The molecule has 0 fully saturated rings. The van der Waals surface area contributed by atoms with Gasteiger partial charge < -0.3 is 10.1 Å². The minimum Gasteiger partial charge on any atom is -0.477 e. The number of benzene rings is 2. The monoisotopic (exact) mass is 389 g/mol. The largest absolute Gasteiger partial charge is 0.477 e. The number of carbonyl (C=O) groups is 2. The Bertz CT molecular complexity index is 944. The molecule has 27 heavy (non-hydrogen) atoms. The number of nitrogens with one attached hydrogen (secondary N) is 1. The highest BCUT2D eigenvalue weighted by atomic mass is 35.5. The first-order chi connectivity index (χ1) is 12.7. The van der Waals surface area contributed by atoms with E-state index in [0.29, 0.717) is 11.4 Å². The Labute approximate surface area is 159 Å². The molecule has 3 rings (SSSR count). The number of anilines is 2. The van der Waals surface area contributed by atoms with Crippen LogP contribution in [0.5, 0.6) is 5.75 Å². The number of amides is 2. The van der Waals surface area contributed by atoms with Gasteiger partial charge in [-0.3, -0.25) is 24.6 Å². The van der Waals surface area contributed by atoms with E-state index in [1.54, 1.807) is 38.1 Å². The zero-order valence-electron chi connectivity index (χ0n) is 14.6. The number of hydrogen-bond donors (Lipinski definition) is 1. The van der Waals surface area contributed by atoms with E-state index < -0.39 is 23.0 Å². The minimum atomic E-state index is -1.15. The summed E-state index contributed by atoms with van der Waals surface area (Å²) >= 11 is 5.78. The number of halogens is 1. The van der Waals surface area contributed by atoms with E-state index in [9.17, 15) is 19.7 Å². The second-order valence-corrected chi connectivity index (χ2v) is 6.85. The maximum Gasteiger partial charge on any atom is 0.312 e. The lowest BCUT2D eigenvalue weighted by atomic mass is 9.96. The van der Waals surface area contributed by atoms with E-state index in [1.807, 2.05) is 0 Å². The molecule has 0 spiro atoms. The van der Waals surface area contributed by atoms with Crippen molar-refractivity contribution in [1.29, 1.82) is 0 Å². The van der Waals surface area contributed by atoms with Gasteiger partial charge in [0, 0.05) is 11.1 Å². The molecule has 1 aliphatic heterocycles. The molecule has 0 radical (unpaired) electrons. The van der Waals surface area contributed by atoms with Crippen molar-refractivity contribution < 1.29 is 19.2 Å². The minimum absolute atomic E-state index is 0.0784. The predicted molar refractivity (Wildman–Crippen MR) is 100 cm³/mol. The number of rotatable bonds is 4. The van der Waals surface area contributed by atoms with Gasteiger partial charge in [0.25, 0.3) is 5.91 Å². The van der Waals surface area contributed by atoms with Gasteiger partial charge in [0.15, 0.2) is 12.4 Å². The van der Waals surface area contributed by atoms with Crippen molar-refractivity contribution in [1.82, 2.24) is 0 Å². The lowest BCUT2D eigenvalue weighted by molar-refractivity contribution is -0.385. The summed E-state index contributed by atoms with van der Waals surface area (Å²) in [5.41, 5.74) is -0.457. The molecule has 0 saturated heterocycles. The van der Waals surface area contributed by atoms with Crippen LogP contribution in [0.4, 0.5) is 17.1 Å². The van der Waals surface area contributed by atoms with Crippen molar-refractivity contribution >= 4 is 40.5 Å². The van der Waals surface area contributed by atoms with E-state index in [1.165, 1.54) is 17.0 Å². The number of nitrogens with zero attached hydrogens (tertiary/aromatic N) is 2. The molecular weight excluding hydrogens is 374 g/mol. The van der Waals surface area contributed by atoms with Gasteiger partial charge in [0.1, 0.15) is 5.54 Å². The van der Waals surface area contributed by atoms with Crippen molar-refractivity contribution in [2.45, 2.75) is 19.4 Å². The summed E-state index contributed by atoms with van der Waals surface area (Å²) in [5, 5.41) is 14.1. The SMILES string of the molecule is CC1(C)C(=O)Nc2ccccc2N1C(=O)COc1ccc(Cl)cc1[N+](=O)[O-]. The topological polar surface area (TPSA) is 102 Å². The summed E-state index contributed by atoms with van der Waals surface area (Å²) in [6, 6.07) is 10.8. The quantitative estimate of drug-likeness (QED) is 0.637. The maximum atomic E-state index is 12.9. The Morgan fingerprint density at radius 3 is 2.70 bits per heavy atom. The fraction of sp³-hybridized carbons (Fsp3) is 0.222. The summed E-state index contributed by atoms with van der Waals surface area (Å²) < 4.78 is 5.39. The summed E-state index contributed by atoms with van der Waals surface area (Å²) in [5.74, 6) is -0.927. The third-order valence-electron chi connectivity index (χ3n) is 4.23. The van der Waals surface area contributed by atoms with Crippen molar-refractivity contribution in [3.63, 3.8) is 0 Å². The third-order valence-corrected chi connectivity index (χ3v) is 4.46. The summed E-state index contributed by atoms with van der Waals surface area (Å²) in [6.45, 7) is 2.75. The zero-order chi connectivity index (χ0) is 19.8. The van der Waals surface area contributed by atoms with Crippen molar-refractivity contribution in [2.75, 3.05) is 16.8 Å². The molecule has 140 valence electrons. The van der Waals surface area contributed by atoms with Gasteiger partial charge in [-0.15, -0.1) is 0 Å². The fourth-order valence-electron chi connectivity index (χ4n) is 2.86. The molecule has 0 saturated carbocycles. The highest BCUT2D eigenvalue weighted by Gasteiger charge is 2.43. The van der Waals surface area contributed by atoms with Crippen LogP contribution < -0.4 is 15.0 Å². The number of fused-ring (bicyclic) bond motifs is 1. The van der Waals surface area contributed by atoms with Crippen molar-refractivity contribution in [3.05, 3.63) is 57.6 Å². The summed E-state index contributed by atoms with van der Waals surface area (Å²) in [4.78, 5) is 37.1. The standard InChI is InChI=1S/C18H16ClN3O5/c1-18(2)17(24)20-12-5-3-4-6-13(12)21(18)16(23)10-27-15-8-7-11(19)9-14(15)22(25)26/h3-9H,10H2,1-2H3,(H,20,24). The van der Waals surface area contributed by atoms with Gasteiger partial charge in [-0.25, -0.2) is 0 Å². The molecule has 2 amide bonds. The van der Waals surface area contributed by atoms with E-state index in [4.69, 9.17) is 16.3 Å². The highest BCUT2D eigenvalue weighted by molar-refractivity contribution is 6.30. The van der Waals surface area contributed by atoms with Crippen LogP contribution in [0.1, 0.15) is 13.8 Å². The Hall–Kier alpha value is -3.13. The summed E-state index contributed by atoms with van der Waals surface area (Å²) in [7, 11) is 0. The van der Waals surface area contributed by atoms with Crippen LogP contribution in [-0.2, 0) is 9.59 Å². The number of hydrogen-bond acceptors (Lipinski definition) is 5. The molecule has 1 heterocycles. The van der Waals surface area contributed by atoms with Crippen LogP contribution >= 0.6 is 11.6 Å². The smallest absolute Gasteiger partial charge is 0.312 e. The third kappa shape index (κ3) is 3.43. The van der Waals surface area contributed by atoms with Gasteiger partial charge >= 0.3 is 5.69 Å². The molecule has 0 aromatic heterocycles. The van der Waals surface area contributed by atoms with E-state index in [-0.39, 0.29) is 22.4 Å². The second kappa shape index (κ2) is 6.88. The van der Waals surface area contributed by atoms with Crippen molar-refractivity contribution in [2.24, 2.45) is 0 Å². The predicted octanol–water partition coefficient (Wildman–Crippen LogP) is 3.39. The van der Waals surface area contributed by atoms with Crippen LogP contribution in [0.3, 0.4) is 0 Å². The molecule has 0 bridgehead atoms. The van der Waals surface area contributed by atoms with E-state index >= 15 is 0 Å². The Balaban J connectivity index is 1.88. The molecule has 2 aromatic carbocycles. The first kappa shape index (κ1) is 18.7. The molecule has 0 atom stereocenters. The Morgan fingerprint density at radius 1 is 1.30 bits per heavy atom. The van der Waals surface area contributed by atoms with Crippen LogP contribution in [0.2, 0.25) is 5.02 Å². The number of ether oxygens (including phenoxy) is 1. The van der Waals surface area contributed by atoms with Crippen LogP contribution in [-0.4, -0.2) is 28.9 Å². The van der Waals surface area contributed by atoms with Gasteiger partial charge in [0.05, 0.1) is 16.3 Å². The number of para-hydroxylation sites is 2. The molecule has 9 heteroatoms. The van der Waals surface area contributed by atoms with Gasteiger partial charge in [-0.05, 0) is 38.1 Å². The lowest BCUT2D eigenvalue weighted by Crippen LogP contribution is -2.59. The molecule has 8 nitrogen and oxygen atoms in total. The first-order valence-electron chi connectivity index (χ1n) is 8.02. The second-order valence-electron chi connectivity index (χ2n) is 6.42. The average molecular weight is 390 g/mol. The Morgan fingerprint density at radius 2 is 2.00 bits per heavy atom.